The van der Waals surface area contributed by atoms with E-state index in [-0.39, 0.29) is 5.78 Å². The van der Waals surface area contributed by atoms with Crippen molar-refractivity contribution in [2.24, 2.45) is 0 Å². The maximum atomic E-state index is 13.2. The minimum atomic E-state index is -0.914. The second kappa shape index (κ2) is 9.05. The number of fused-ring (bicyclic) bond motifs is 1. The summed E-state index contributed by atoms with van der Waals surface area (Å²) in [6, 6.07) is 22.5. The average Bonchev–Trinajstić information content (AvgIpc) is 2.78. The van der Waals surface area contributed by atoms with Crippen molar-refractivity contribution in [3.63, 3.8) is 0 Å². The molecule has 0 aliphatic heterocycles. The fourth-order valence-electron chi connectivity index (χ4n) is 3.47. The van der Waals surface area contributed by atoms with E-state index in [4.69, 9.17) is 9.72 Å². The Hall–Kier alpha value is -3.31. The number of ether oxygens (including phenoxy) is 1. The van der Waals surface area contributed by atoms with Crippen LogP contribution in [0.15, 0.2) is 77.3 Å². The summed E-state index contributed by atoms with van der Waals surface area (Å²) in [5.41, 5.74) is 5.33. The number of aryl methyl sites for hydroxylation is 2. The fourth-order valence-corrected chi connectivity index (χ4v) is 3.83. The van der Waals surface area contributed by atoms with Gasteiger partial charge in [0.05, 0.1) is 16.8 Å². The number of Topliss-reactive ketones (excluding diaryl/α,β-unsaturated/α-hetero) is 1. The number of aromatic nitrogens is 1. The first-order valence-corrected chi connectivity index (χ1v) is 11.1. The Kier molecular flexibility index (Phi) is 6.19. The highest BCUT2D eigenvalue weighted by Gasteiger charge is 2.23. The van der Waals surface area contributed by atoms with Crippen LogP contribution in [0.5, 0.6) is 0 Å². The van der Waals surface area contributed by atoms with E-state index in [0.717, 1.165) is 21.2 Å². The summed E-state index contributed by atoms with van der Waals surface area (Å²) in [7, 11) is 0. The molecular weight excluding hydrogens is 466 g/mol. The molecule has 5 heteroatoms. The van der Waals surface area contributed by atoms with Gasteiger partial charge in [-0.05, 0) is 45.0 Å². The van der Waals surface area contributed by atoms with Crippen LogP contribution in [-0.2, 0) is 4.74 Å². The Morgan fingerprint density at radius 2 is 1.50 bits per heavy atom. The largest absolute Gasteiger partial charge is 0.451 e. The Balaban J connectivity index is 1.70. The lowest BCUT2D eigenvalue weighted by atomic mass is 10.0. The zero-order chi connectivity index (χ0) is 22.8. The quantitative estimate of drug-likeness (QED) is 0.232. The number of esters is 1. The van der Waals surface area contributed by atoms with Crippen molar-refractivity contribution in [2.45, 2.75) is 26.9 Å². The summed E-state index contributed by atoms with van der Waals surface area (Å²) in [5, 5.41) is 0.662. The van der Waals surface area contributed by atoms with Gasteiger partial charge >= 0.3 is 5.97 Å². The fraction of sp³-hybridized carbons (Fsp3) is 0.148. The molecule has 0 saturated carbocycles. The van der Waals surface area contributed by atoms with Crippen molar-refractivity contribution in [2.75, 3.05) is 0 Å². The number of pyridine rings is 1. The molecule has 0 aliphatic rings. The van der Waals surface area contributed by atoms with Crippen LogP contribution in [-0.4, -0.2) is 22.8 Å². The number of benzene rings is 3. The summed E-state index contributed by atoms with van der Waals surface area (Å²) in [4.78, 5) is 30.7. The third kappa shape index (κ3) is 4.63. The van der Waals surface area contributed by atoms with Crippen molar-refractivity contribution in [3.05, 3.63) is 99.5 Å². The molecular formula is C27H22BrNO3. The smallest absolute Gasteiger partial charge is 0.339 e. The second-order valence-corrected chi connectivity index (χ2v) is 8.78. The van der Waals surface area contributed by atoms with Gasteiger partial charge in [-0.1, -0.05) is 75.6 Å². The number of carbonyl (C=O) groups excluding carboxylic acids is 2. The maximum Gasteiger partial charge on any atom is 0.339 e. The van der Waals surface area contributed by atoms with Crippen molar-refractivity contribution >= 4 is 38.6 Å². The average molecular weight is 488 g/mol. The van der Waals surface area contributed by atoms with Gasteiger partial charge < -0.3 is 4.74 Å². The van der Waals surface area contributed by atoms with Crippen molar-refractivity contribution in [3.8, 4) is 11.3 Å². The van der Waals surface area contributed by atoms with Gasteiger partial charge in [0.2, 0.25) is 5.78 Å². The first-order chi connectivity index (χ1) is 15.3. The van der Waals surface area contributed by atoms with E-state index in [9.17, 15) is 9.59 Å². The van der Waals surface area contributed by atoms with Gasteiger partial charge in [0.25, 0.3) is 0 Å². The van der Waals surface area contributed by atoms with Gasteiger partial charge in [-0.3, -0.25) is 4.79 Å². The molecule has 1 aromatic heterocycles. The van der Waals surface area contributed by atoms with E-state index in [2.05, 4.69) is 15.9 Å². The molecule has 1 heterocycles. The molecule has 0 radical (unpaired) electrons. The number of ketones is 1. The Labute approximate surface area is 195 Å². The molecule has 0 amide bonds. The monoisotopic (exact) mass is 487 g/mol. The summed E-state index contributed by atoms with van der Waals surface area (Å²) in [6.07, 6.45) is -0.914. The lowest BCUT2D eigenvalue weighted by molar-refractivity contribution is 0.0320. The number of hydrogen-bond donors (Lipinski definition) is 0. The SMILES string of the molecule is Cc1ccc(C(=O)[C@H](C)OC(=O)c2cc(-c3ccc(C)cc3)nc3ccc(Br)cc23)cc1. The molecule has 0 fully saturated rings. The Morgan fingerprint density at radius 3 is 2.16 bits per heavy atom. The molecule has 32 heavy (non-hydrogen) atoms. The maximum absolute atomic E-state index is 13.2. The lowest BCUT2D eigenvalue weighted by Gasteiger charge is -2.15. The van der Waals surface area contributed by atoms with Crippen molar-refractivity contribution < 1.29 is 14.3 Å². The van der Waals surface area contributed by atoms with Crippen LogP contribution in [0.25, 0.3) is 22.2 Å². The lowest BCUT2D eigenvalue weighted by Crippen LogP contribution is -2.24. The van der Waals surface area contributed by atoms with Gasteiger partial charge in [0.15, 0.2) is 6.10 Å². The van der Waals surface area contributed by atoms with Gasteiger partial charge in [-0.15, -0.1) is 0 Å². The van der Waals surface area contributed by atoms with Gasteiger partial charge in [0.1, 0.15) is 0 Å². The molecule has 0 bridgehead atoms. The van der Waals surface area contributed by atoms with Gasteiger partial charge in [-0.25, -0.2) is 9.78 Å². The first kappa shape index (κ1) is 21.9. The highest BCUT2D eigenvalue weighted by Crippen LogP contribution is 2.28. The van der Waals surface area contributed by atoms with E-state index in [0.29, 0.717) is 27.7 Å². The minimum absolute atomic E-state index is 0.239. The molecule has 0 aliphatic carbocycles. The number of hydrogen-bond acceptors (Lipinski definition) is 4. The van der Waals surface area contributed by atoms with Crippen molar-refractivity contribution in [1.29, 1.82) is 0 Å². The molecule has 0 spiro atoms. The second-order valence-electron chi connectivity index (χ2n) is 7.86. The molecule has 4 nitrogen and oxygen atoms in total. The zero-order valence-corrected chi connectivity index (χ0v) is 19.6. The third-order valence-electron chi connectivity index (χ3n) is 5.33. The molecule has 0 N–H and O–H groups in total. The van der Waals surface area contributed by atoms with E-state index in [1.165, 1.54) is 0 Å². The van der Waals surface area contributed by atoms with Crippen LogP contribution in [0.1, 0.15) is 38.8 Å². The number of halogens is 1. The predicted molar refractivity (Wildman–Crippen MR) is 130 cm³/mol. The van der Waals surface area contributed by atoms with E-state index < -0.39 is 12.1 Å². The Morgan fingerprint density at radius 1 is 0.875 bits per heavy atom. The molecule has 4 aromatic rings. The highest BCUT2D eigenvalue weighted by atomic mass is 79.9. The van der Waals surface area contributed by atoms with E-state index >= 15 is 0 Å². The number of carbonyl (C=O) groups is 2. The van der Waals surface area contributed by atoms with Crippen LogP contribution >= 0.6 is 15.9 Å². The third-order valence-corrected chi connectivity index (χ3v) is 5.82. The molecule has 0 saturated heterocycles. The summed E-state index contributed by atoms with van der Waals surface area (Å²) in [6.45, 7) is 5.57. The molecule has 1 atom stereocenters. The van der Waals surface area contributed by atoms with Crippen LogP contribution in [0, 0.1) is 13.8 Å². The molecule has 0 unspecified atom stereocenters. The van der Waals surface area contributed by atoms with Crippen LogP contribution in [0.3, 0.4) is 0 Å². The van der Waals surface area contributed by atoms with E-state index in [1.54, 1.807) is 25.1 Å². The summed E-state index contributed by atoms with van der Waals surface area (Å²) < 4.78 is 6.44. The molecule has 160 valence electrons. The first-order valence-electron chi connectivity index (χ1n) is 10.3. The summed E-state index contributed by atoms with van der Waals surface area (Å²) in [5.74, 6) is -0.798. The van der Waals surface area contributed by atoms with E-state index in [1.807, 2.05) is 68.4 Å². The normalized spacial score (nSPS) is 11.9. The van der Waals surface area contributed by atoms with Gasteiger partial charge in [0, 0.05) is 21.0 Å². The summed E-state index contributed by atoms with van der Waals surface area (Å²) >= 11 is 3.46. The van der Waals surface area contributed by atoms with Crippen LogP contribution < -0.4 is 0 Å². The van der Waals surface area contributed by atoms with Crippen LogP contribution in [0.2, 0.25) is 0 Å². The van der Waals surface area contributed by atoms with Gasteiger partial charge in [-0.2, -0.15) is 0 Å². The topological polar surface area (TPSA) is 56.3 Å². The standard InChI is InChI=1S/C27H22BrNO3/c1-16-4-8-19(9-5-16)25-15-23(22-14-21(28)12-13-24(22)29-25)27(31)32-18(3)26(30)20-10-6-17(2)7-11-20/h4-15,18H,1-3H3/t18-/m0/s1. The number of rotatable bonds is 5. The number of nitrogens with zero attached hydrogens (tertiary/aromatic N) is 1. The Bertz CT molecular complexity index is 1310. The van der Waals surface area contributed by atoms with Crippen molar-refractivity contribution in [1.82, 2.24) is 4.98 Å². The van der Waals surface area contributed by atoms with Crippen LogP contribution in [0.4, 0.5) is 0 Å². The minimum Gasteiger partial charge on any atom is -0.451 e. The molecule has 3 aromatic carbocycles. The predicted octanol–water partition coefficient (Wildman–Crippen LogP) is 6.71. The highest BCUT2D eigenvalue weighted by molar-refractivity contribution is 9.10. The molecule has 4 rings (SSSR count). The zero-order valence-electron chi connectivity index (χ0n) is 18.1.